The normalized spacial score (nSPS) is 20.1. The van der Waals surface area contributed by atoms with Crippen molar-refractivity contribution in [1.29, 1.82) is 0 Å². The minimum absolute atomic E-state index is 0.190. The Morgan fingerprint density at radius 1 is 0.969 bits per heavy atom. The molecule has 1 aliphatic carbocycles. The van der Waals surface area contributed by atoms with Gasteiger partial charge in [-0.15, -0.1) is 0 Å². The fourth-order valence-corrected chi connectivity index (χ4v) is 5.16. The van der Waals surface area contributed by atoms with Crippen LogP contribution in [-0.4, -0.2) is 53.7 Å². The minimum Gasteiger partial charge on any atom is -0.481 e. The van der Waals surface area contributed by atoms with Gasteiger partial charge in [0.25, 0.3) is 0 Å². The van der Waals surface area contributed by atoms with Crippen molar-refractivity contribution < 1.29 is 9.90 Å². The topological polar surface area (TPSA) is 56.7 Å². The second-order valence-electron chi connectivity index (χ2n) is 10.7. The van der Waals surface area contributed by atoms with Crippen LogP contribution in [0.4, 0.5) is 5.82 Å². The highest BCUT2D eigenvalue weighted by atomic mass is 16.4. The second kappa shape index (κ2) is 8.86. The SMILES string of the molecule is CC1(C)CCC(C)(C)c2cc(-c3cccc(N4CCN(CCCC(=O)O)CC4)n3)ccc21. The Balaban J connectivity index is 1.49. The number of carbonyl (C=O) groups is 1. The number of piperazine rings is 1. The maximum absolute atomic E-state index is 10.7. The first-order chi connectivity index (χ1) is 15.2. The summed E-state index contributed by atoms with van der Waals surface area (Å²) in [5.41, 5.74) is 5.59. The van der Waals surface area contributed by atoms with E-state index in [0.717, 1.165) is 44.2 Å². The molecule has 0 bridgehead atoms. The molecule has 1 saturated heterocycles. The highest BCUT2D eigenvalue weighted by molar-refractivity contribution is 5.66. The fourth-order valence-electron chi connectivity index (χ4n) is 5.16. The fraction of sp³-hybridized carbons (Fsp3) is 0.556. The van der Waals surface area contributed by atoms with Crippen LogP contribution in [-0.2, 0) is 15.6 Å². The molecule has 0 atom stereocenters. The standard InChI is InChI=1S/C27H37N3O2/c1-26(2)12-13-27(3,4)22-19-20(10-11-21(22)26)23-7-5-8-24(28-23)30-17-15-29(16-18-30)14-6-9-25(31)32/h5,7-8,10-11,19H,6,9,12-18H2,1-4H3,(H,31,32). The lowest BCUT2D eigenvalue weighted by Crippen LogP contribution is -2.47. The molecule has 5 nitrogen and oxygen atoms in total. The number of nitrogens with zero attached hydrogens (tertiary/aromatic N) is 3. The second-order valence-corrected chi connectivity index (χ2v) is 10.7. The molecule has 32 heavy (non-hydrogen) atoms. The van der Waals surface area contributed by atoms with Gasteiger partial charge in [0.2, 0.25) is 0 Å². The summed E-state index contributed by atoms with van der Waals surface area (Å²) in [5.74, 6) is 0.323. The highest BCUT2D eigenvalue weighted by Crippen LogP contribution is 2.46. The molecule has 0 spiro atoms. The van der Waals surface area contributed by atoms with E-state index in [-0.39, 0.29) is 17.3 Å². The summed E-state index contributed by atoms with van der Waals surface area (Å²) in [6.07, 6.45) is 3.40. The van der Waals surface area contributed by atoms with E-state index in [1.165, 1.54) is 29.5 Å². The van der Waals surface area contributed by atoms with Crippen LogP contribution in [0.15, 0.2) is 36.4 Å². The third kappa shape index (κ3) is 4.83. The molecule has 1 aromatic carbocycles. The first kappa shape index (κ1) is 22.8. The van der Waals surface area contributed by atoms with E-state index in [4.69, 9.17) is 10.1 Å². The van der Waals surface area contributed by atoms with Gasteiger partial charge in [0.15, 0.2) is 0 Å². The summed E-state index contributed by atoms with van der Waals surface area (Å²) >= 11 is 0. The third-order valence-electron chi connectivity index (χ3n) is 7.44. The van der Waals surface area contributed by atoms with Crippen LogP contribution in [0.25, 0.3) is 11.3 Å². The van der Waals surface area contributed by atoms with E-state index in [2.05, 4.69) is 73.9 Å². The number of aromatic nitrogens is 1. The molecular formula is C27H37N3O2. The zero-order chi connectivity index (χ0) is 22.9. The molecule has 172 valence electrons. The minimum atomic E-state index is -0.709. The predicted molar refractivity (Wildman–Crippen MR) is 130 cm³/mol. The molecule has 1 fully saturated rings. The van der Waals surface area contributed by atoms with Crippen molar-refractivity contribution in [2.75, 3.05) is 37.6 Å². The van der Waals surface area contributed by atoms with Crippen LogP contribution in [0.1, 0.15) is 64.5 Å². The Bertz CT molecular complexity index is 975. The predicted octanol–water partition coefficient (Wildman–Crippen LogP) is 5.08. The van der Waals surface area contributed by atoms with Gasteiger partial charge in [0.05, 0.1) is 5.69 Å². The van der Waals surface area contributed by atoms with Crippen LogP contribution >= 0.6 is 0 Å². The number of fused-ring (bicyclic) bond motifs is 1. The number of benzene rings is 1. The molecule has 1 N–H and O–H groups in total. The summed E-state index contributed by atoms with van der Waals surface area (Å²) in [4.78, 5) is 20.5. The molecule has 1 aliphatic heterocycles. The zero-order valence-electron chi connectivity index (χ0n) is 20.0. The average Bonchev–Trinajstić information content (AvgIpc) is 2.77. The van der Waals surface area contributed by atoms with Gasteiger partial charge in [-0.2, -0.15) is 0 Å². The van der Waals surface area contributed by atoms with Gasteiger partial charge in [-0.3, -0.25) is 9.69 Å². The lowest BCUT2D eigenvalue weighted by molar-refractivity contribution is -0.137. The van der Waals surface area contributed by atoms with E-state index in [1.807, 2.05) is 0 Å². The summed E-state index contributed by atoms with van der Waals surface area (Å²) in [6, 6.07) is 13.3. The lowest BCUT2D eigenvalue weighted by atomic mass is 9.63. The first-order valence-electron chi connectivity index (χ1n) is 12.0. The van der Waals surface area contributed by atoms with Gasteiger partial charge in [0.1, 0.15) is 5.82 Å². The average molecular weight is 436 g/mol. The van der Waals surface area contributed by atoms with Gasteiger partial charge in [-0.25, -0.2) is 4.98 Å². The van der Waals surface area contributed by atoms with E-state index in [1.54, 1.807) is 0 Å². The summed E-state index contributed by atoms with van der Waals surface area (Å²) in [5, 5.41) is 8.84. The Morgan fingerprint density at radius 2 is 1.66 bits per heavy atom. The molecule has 0 amide bonds. The number of aliphatic carboxylic acids is 1. The van der Waals surface area contributed by atoms with Crippen LogP contribution in [0.2, 0.25) is 0 Å². The van der Waals surface area contributed by atoms with Gasteiger partial charge < -0.3 is 10.0 Å². The van der Waals surface area contributed by atoms with Crippen molar-refractivity contribution in [3.05, 3.63) is 47.5 Å². The largest absolute Gasteiger partial charge is 0.481 e. The number of rotatable bonds is 6. The van der Waals surface area contributed by atoms with Gasteiger partial charge in [0, 0.05) is 38.2 Å². The number of carboxylic acid groups (broad SMARTS) is 1. The summed E-state index contributed by atoms with van der Waals surface area (Å²) in [6.45, 7) is 14.1. The van der Waals surface area contributed by atoms with Gasteiger partial charge in [-0.1, -0.05) is 45.9 Å². The van der Waals surface area contributed by atoms with E-state index in [9.17, 15) is 4.79 Å². The Morgan fingerprint density at radius 3 is 2.34 bits per heavy atom. The molecule has 4 rings (SSSR count). The number of pyridine rings is 1. The monoisotopic (exact) mass is 435 g/mol. The molecule has 2 aliphatic rings. The van der Waals surface area contributed by atoms with E-state index < -0.39 is 5.97 Å². The molecule has 0 radical (unpaired) electrons. The lowest BCUT2D eigenvalue weighted by Gasteiger charge is -2.42. The van der Waals surface area contributed by atoms with Crippen LogP contribution in [0.5, 0.6) is 0 Å². The number of hydrogen-bond donors (Lipinski definition) is 1. The number of carboxylic acids is 1. The molecule has 2 heterocycles. The van der Waals surface area contributed by atoms with Gasteiger partial charge in [-0.05, 0) is 66.0 Å². The molecule has 0 unspecified atom stereocenters. The third-order valence-corrected chi connectivity index (χ3v) is 7.44. The van der Waals surface area contributed by atoms with Crippen molar-refractivity contribution in [3.8, 4) is 11.3 Å². The molecule has 0 saturated carbocycles. The summed E-state index contributed by atoms with van der Waals surface area (Å²) < 4.78 is 0. The maximum atomic E-state index is 10.7. The zero-order valence-corrected chi connectivity index (χ0v) is 20.0. The van der Waals surface area contributed by atoms with Gasteiger partial charge >= 0.3 is 5.97 Å². The van der Waals surface area contributed by atoms with Crippen molar-refractivity contribution in [1.82, 2.24) is 9.88 Å². The van der Waals surface area contributed by atoms with E-state index >= 15 is 0 Å². The highest BCUT2D eigenvalue weighted by Gasteiger charge is 2.37. The van der Waals surface area contributed by atoms with Crippen molar-refractivity contribution in [2.24, 2.45) is 0 Å². The number of hydrogen-bond acceptors (Lipinski definition) is 4. The molecular weight excluding hydrogens is 398 g/mol. The molecule has 5 heteroatoms. The first-order valence-corrected chi connectivity index (χ1v) is 12.0. The Hall–Kier alpha value is -2.40. The molecule has 2 aromatic rings. The quantitative estimate of drug-likeness (QED) is 0.685. The Kier molecular flexibility index (Phi) is 6.30. The van der Waals surface area contributed by atoms with Crippen molar-refractivity contribution in [3.63, 3.8) is 0 Å². The molecule has 1 aromatic heterocycles. The summed E-state index contributed by atoms with van der Waals surface area (Å²) in [7, 11) is 0. The van der Waals surface area contributed by atoms with E-state index in [0.29, 0.717) is 6.42 Å². The van der Waals surface area contributed by atoms with Crippen LogP contribution in [0, 0.1) is 0 Å². The number of anilines is 1. The van der Waals surface area contributed by atoms with Crippen molar-refractivity contribution in [2.45, 2.75) is 64.2 Å². The Labute approximate surface area is 192 Å². The van der Waals surface area contributed by atoms with Crippen molar-refractivity contribution >= 4 is 11.8 Å². The van der Waals surface area contributed by atoms with Crippen LogP contribution < -0.4 is 4.90 Å². The van der Waals surface area contributed by atoms with Crippen LogP contribution in [0.3, 0.4) is 0 Å². The maximum Gasteiger partial charge on any atom is 0.303 e. The smallest absolute Gasteiger partial charge is 0.303 e.